The molecule has 1 fully saturated rings. The molecule has 2 heterocycles. The number of rotatable bonds is 4. The van der Waals surface area contributed by atoms with Gasteiger partial charge in [0, 0.05) is 35.8 Å². The summed E-state index contributed by atoms with van der Waals surface area (Å²) in [4.78, 5) is 19.4. The molecule has 2 aromatic heterocycles. The van der Waals surface area contributed by atoms with E-state index in [1.54, 1.807) is 29.2 Å². The first-order chi connectivity index (χ1) is 12.6. The summed E-state index contributed by atoms with van der Waals surface area (Å²) in [5.74, 6) is 1.02. The smallest absolute Gasteiger partial charge is 0.271 e. The number of nitro benzene ring substituents is 1. The standard InChI is InChI=1S/C17H18N6O3/c24-14-5-2-12(3-6-14)20-17-18-8-7-16(21-17)22-15-9-13(23(25)26)4-1-11(15)10-19-22/h1,4,7-10,12,14,24H,2-3,5-6H2,(H,18,20,21)/t12-,14-. The monoisotopic (exact) mass is 354 g/mol. The summed E-state index contributed by atoms with van der Waals surface area (Å²) in [6, 6.07) is 6.55. The van der Waals surface area contributed by atoms with Crippen LogP contribution in [0.3, 0.4) is 0 Å². The Labute approximate surface area is 148 Å². The fourth-order valence-electron chi connectivity index (χ4n) is 3.24. The van der Waals surface area contributed by atoms with E-state index in [0.29, 0.717) is 17.3 Å². The molecule has 0 saturated heterocycles. The quantitative estimate of drug-likeness (QED) is 0.545. The van der Waals surface area contributed by atoms with Crippen LogP contribution < -0.4 is 5.32 Å². The highest BCUT2D eigenvalue weighted by Gasteiger charge is 2.20. The number of hydrogen-bond donors (Lipinski definition) is 2. The van der Waals surface area contributed by atoms with E-state index in [-0.39, 0.29) is 17.8 Å². The zero-order valence-corrected chi connectivity index (χ0v) is 13.9. The van der Waals surface area contributed by atoms with Crippen LogP contribution in [0.4, 0.5) is 11.6 Å². The maximum absolute atomic E-state index is 11.0. The van der Waals surface area contributed by atoms with Gasteiger partial charge in [0.15, 0.2) is 5.82 Å². The van der Waals surface area contributed by atoms with E-state index in [4.69, 9.17) is 0 Å². The number of aliphatic hydroxyl groups is 1. The summed E-state index contributed by atoms with van der Waals surface area (Å²) < 4.78 is 1.57. The Bertz CT molecular complexity index is 949. The number of aromatic nitrogens is 4. The van der Waals surface area contributed by atoms with Crippen molar-refractivity contribution in [1.29, 1.82) is 0 Å². The van der Waals surface area contributed by atoms with Gasteiger partial charge in [-0.1, -0.05) is 0 Å². The van der Waals surface area contributed by atoms with Crippen LogP contribution in [0.15, 0.2) is 36.7 Å². The third kappa shape index (κ3) is 3.21. The number of non-ortho nitro benzene ring substituents is 1. The highest BCUT2D eigenvalue weighted by Crippen LogP contribution is 2.24. The number of nitrogens with zero attached hydrogens (tertiary/aromatic N) is 5. The lowest BCUT2D eigenvalue weighted by Gasteiger charge is -2.26. The Balaban J connectivity index is 1.63. The average Bonchev–Trinajstić information content (AvgIpc) is 3.07. The fraction of sp³-hybridized carbons (Fsp3) is 0.353. The second-order valence-corrected chi connectivity index (χ2v) is 6.44. The van der Waals surface area contributed by atoms with E-state index < -0.39 is 4.92 Å². The molecule has 26 heavy (non-hydrogen) atoms. The second-order valence-electron chi connectivity index (χ2n) is 6.44. The molecule has 1 aliphatic carbocycles. The summed E-state index contributed by atoms with van der Waals surface area (Å²) in [6.45, 7) is 0. The number of nitrogens with one attached hydrogen (secondary N) is 1. The van der Waals surface area contributed by atoms with Crippen LogP contribution in [0, 0.1) is 10.1 Å². The minimum atomic E-state index is -0.429. The SMILES string of the molecule is O=[N+]([O-])c1ccc2cnn(-c3ccnc(N[C@H]4CC[C@H](O)CC4)n3)c2c1. The van der Waals surface area contributed by atoms with Gasteiger partial charge in [-0.3, -0.25) is 10.1 Å². The number of nitro groups is 1. The van der Waals surface area contributed by atoms with Crippen LogP contribution in [-0.2, 0) is 0 Å². The number of aliphatic hydroxyl groups excluding tert-OH is 1. The number of hydrogen-bond acceptors (Lipinski definition) is 7. The van der Waals surface area contributed by atoms with Crippen LogP contribution in [0.25, 0.3) is 16.7 Å². The van der Waals surface area contributed by atoms with Gasteiger partial charge in [0.1, 0.15) is 0 Å². The average molecular weight is 354 g/mol. The number of benzene rings is 1. The zero-order valence-electron chi connectivity index (χ0n) is 13.9. The van der Waals surface area contributed by atoms with Crippen LogP contribution in [0.5, 0.6) is 0 Å². The summed E-state index contributed by atoms with van der Waals surface area (Å²) in [5.41, 5.74) is 0.622. The molecular formula is C17H18N6O3. The van der Waals surface area contributed by atoms with Crippen molar-refractivity contribution in [2.75, 3.05) is 5.32 Å². The van der Waals surface area contributed by atoms with Gasteiger partial charge in [-0.2, -0.15) is 10.1 Å². The maximum atomic E-state index is 11.0. The molecule has 0 aliphatic heterocycles. The van der Waals surface area contributed by atoms with Gasteiger partial charge in [0.05, 0.1) is 22.7 Å². The van der Waals surface area contributed by atoms with Crippen molar-refractivity contribution in [3.8, 4) is 5.82 Å². The molecule has 2 N–H and O–H groups in total. The predicted octanol–water partition coefficient (Wildman–Crippen LogP) is 2.44. The van der Waals surface area contributed by atoms with E-state index in [2.05, 4.69) is 20.4 Å². The summed E-state index contributed by atoms with van der Waals surface area (Å²) in [6.07, 6.45) is 6.34. The minimum absolute atomic E-state index is 0.00687. The third-order valence-electron chi connectivity index (χ3n) is 4.65. The van der Waals surface area contributed by atoms with E-state index >= 15 is 0 Å². The Morgan fingerprint density at radius 1 is 1.23 bits per heavy atom. The lowest BCUT2D eigenvalue weighted by molar-refractivity contribution is -0.384. The summed E-state index contributed by atoms with van der Waals surface area (Å²) in [7, 11) is 0. The van der Waals surface area contributed by atoms with Gasteiger partial charge >= 0.3 is 0 Å². The molecule has 0 radical (unpaired) electrons. The van der Waals surface area contributed by atoms with E-state index in [1.807, 2.05) is 0 Å². The van der Waals surface area contributed by atoms with Crippen molar-refractivity contribution >= 4 is 22.5 Å². The molecule has 0 amide bonds. The normalized spacial score (nSPS) is 20.2. The van der Waals surface area contributed by atoms with Crippen LogP contribution >= 0.6 is 0 Å². The van der Waals surface area contributed by atoms with Crippen LogP contribution in [0.2, 0.25) is 0 Å². The fourth-order valence-corrected chi connectivity index (χ4v) is 3.24. The lowest BCUT2D eigenvalue weighted by Crippen LogP contribution is -2.29. The van der Waals surface area contributed by atoms with Crippen molar-refractivity contribution in [1.82, 2.24) is 19.7 Å². The molecule has 1 aliphatic rings. The van der Waals surface area contributed by atoms with Crippen molar-refractivity contribution in [3.05, 3.63) is 46.8 Å². The Morgan fingerprint density at radius 2 is 2.04 bits per heavy atom. The highest BCUT2D eigenvalue weighted by atomic mass is 16.6. The second kappa shape index (κ2) is 6.68. The number of fused-ring (bicyclic) bond motifs is 1. The van der Waals surface area contributed by atoms with Crippen molar-refractivity contribution < 1.29 is 10.0 Å². The van der Waals surface area contributed by atoms with Crippen molar-refractivity contribution in [3.63, 3.8) is 0 Å². The summed E-state index contributed by atoms with van der Waals surface area (Å²) in [5, 5.41) is 29.0. The van der Waals surface area contributed by atoms with Gasteiger partial charge in [-0.25, -0.2) is 9.67 Å². The van der Waals surface area contributed by atoms with Crippen LogP contribution in [-0.4, -0.2) is 41.9 Å². The number of anilines is 1. The summed E-state index contributed by atoms with van der Waals surface area (Å²) >= 11 is 0. The van der Waals surface area contributed by atoms with Crippen molar-refractivity contribution in [2.24, 2.45) is 0 Å². The van der Waals surface area contributed by atoms with E-state index in [9.17, 15) is 15.2 Å². The largest absolute Gasteiger partial charge is 0.393 e. The first kappa shape index (κ1) is 16.4. The molecule has 1 saturated carbocycles. The first-order valence-corrected chi connectivity index (χ1v) is 8.50. The highest BCUT2D eigenvalue weighted by molar-refractivity contribution is 5.82. The zero-order chi connectivity index (χ0) is 18.1. The van der Waals surface area contributed by atoms with E-state index in [0.717, 1.165) is 31.1 Å². The van der Waals surface area contributed by atoms with Crippen LogP contribution in [0.1, 0.15) is 25.7 Å². The molecule has 4 rings (SSSR count). The molecule has 0 atom stereocenters. The first-order valence-electron chi connectivity index (χ1n) is 8.50. The van der Waals surface area contributed by atoms with Gasteiger partial charge < -0.3 is 10.4 Å². The minimum Gasteiger partial charge on any atom is -0.393 e. The predicted molar refractivity (Wildman–Crippen MR) is 95.2 cm³/mol. The molecular weight excluding hydrogens is 336 g/mol. The van der Waals surface area contributed by atoms with E-state index in [1.165, 1.54) is 12.1 Å². The molecule has 0 spiro atoms. The van der Waals surface area contributed by atoms with Gasteiger partial charge in [-0.05, 0) is 31.7 Å². The Kier molecular flexibility index (Phi) is 4.21. The topological polar surface area (TPSA) is 119 Å². The molecule has 134 valence electrons. The third-order valence-corrected chi connectivity index (χ3v) is 4.65. The van der Waals surface area contributed by atoms with Gasteiger partial charge in [-0.15, -0.1) is 0 Å². The maximum Gasteiger partial charge on any atom is 0.271 e. The molecule has 0 unspecified atom stereocenters. The molecule has 0 bridgehead atoms. The molecule has 1 aromatic carbocycles. The van der Waals surface area contributed by atoms with Gasteiger partial charge in [0.25, 0.3) is 5.69 Å². The Morgan fingerprint density at radius 3 is 2.81 bits per heavy atom. The molecule has 3 aromatic rings. The molecule has 9 nitrogen and oxygen atoms in total. The van der Waals surface area contributed by atoms with Crippen molar-refractivity contribution in [2.45, 2.75) is 37.8 Å². The molecule has 9 heteroatoms. The lowest BCUT2D eigenvalue weighted by atomic mass is 9.93. The Hall–Kier alpha value is -3.07. The van der Waals surface area contributed by atoms with Gasteiger partial charge in [0.2, 0.25) is 5.95 Å².